The van der Waals surface area contributed by atoms with Crippen LogP contribution in [0.4, 0.5) is 15.3 Å². The van der Waals surface area contributed by atoms with Crippen LogP contribution in [0.5, 0.6) is 11.5 Å². The molecule has 2 heterocycles. The Balaban J connectivity index is 1.69. The second-order valence-electron chi connectivity index (χ2n) is 19.7. The monoisotopic (exact) mass is 1340 g/mol. The lowest BCUT2D eigenvalue weighted by atomic mass is 9.94. The fourth-order valence-corrected chi connectivity index (χ4v) is 8.85. The number of alkyl carbamates (subject to hydrolysis) is 1. The van der Waals surface area contributed by atoms with Crippen LogP contribution in [-0.2, 0) is 127 Å². The van der Waals surface area contributed by atoms with Gasteiger partial charge in [0.1, 0.15) is 81.6 Å². The number of carbonyl (C=O) groups is 6. The summed E-state index contributed by atoms with van der Waals surface area (Å²) in [6.07, 6.45) is -14.4. The van der Waals surface area contributed by atoms with Crippen LogP contribution in [0.2, 0.25) is 5.02 Å². The van der Waals surface area contributed by atoms with Crippen molar-refractivity contribution in [1.82, 2.24) is 5.32 Å². The predicted octanol–water partition coefficient (Wildman–Crippen LogP) is 5.35. The summed E-state index contributed by atoms with van der Waals surface area (Å²) in [6.45, 7) is 14.2. The van der Waals surface area contributed by atoms with Gasteiger partial charge in [0.15, 0.2) is 30.9 Å². The number of amides is 1. The van der Waals surface area contributed by atoms with Crippen LogP contribution in [0.25, 0.3) is 10.4 Å². The van der Waals surface area contributed by atoms with Gasteiger partial charge in [-0.3, -0.25) is 19.2 Å². The Labute approximate surface area is 543 Å². The first-order chi connectivity index (χ1) is 45.0. The molecule has 2 saturated heterocycles. The summed E-state index contributed by atoms with van der Waals surface area (Å²) >= 11 is 6.48. The van der Waals surface area contributed by atoms with Gasteiger partial charge in [-0.25, -0.2) is 9.59 Å². The van der Waals surface area contributed by atoms with Crippen LogP contribution in [-0.4, -0.2) is 244 Å². The summed E-state index contributed by atoms with van der Waals surface area (Å²) in [5.41, 5.74) is 9.97. The summed E-state index contributed by atoms with van der Waals surface area (Å²) in [7, 11) is 3.18. The molecule has 1 N–H and O–H groups in total. The van der Waals surface area contributed by atoms with Crippen LogP contribution < -0.4 is 14.8 Å². The van der Waals surface area contributed by atoms with E-state index in [1.54, 1.807) is 32.4 Å². The van der Waals surface area contributed by atoms with Crippen LogP contribution in [0.15, 0.2) is 66.8 Å². The summed E-state index contributed by atoms with van der Waals surface area (Å²) < 4.78 is 126. The fraction of sp³-hybridized carbons (Fsp3) is 0.633. The highest BCUT2D eigenvalue weighted by atomic mass is 35.5. The zero-order valence-corrected chi connectivity index (χ0v) is 53.8. The second kappa shape index (κ2) is 46.2. The van der Waals surface area contributed by atoms with Crippen molar-refractivity contribution < 1.29 is 133 Å². The standard InChI is InChI=1S/C60H85ClN4O28/c1-9-13-82-57-51(63-59(70)83-14-10-2)54(85-35-43-11-12-48(64-65-62)47(61)33-43)52(93-58-56(90-42(6)69)55(89-41(5)68)53(88-40(4)67)49(92-58)37-84-39(3)66)50(91-57)38-87-60(71)86-36-44-31-45(80-29-27-78-25-23-76-21-19-74-17-15-72-7)34-46(32-44)81-30-28-79-26-24-77-22-20-75-18-16-73-8/h9-12,31-34,49-58H,1-2,13-30,35-38H2,3-8H3,(H,63,70)/t49-,50-,51-,52-,53+,54-,55+,56-,57+,58+/m1/s1. The first kappa shape index (κ1) is 78.5. The van der Waals surface area contributed by atoms with E-state index in [2.05, 4.69) is 28.5 Å². The Hall–Kier alpha value is -6.98. The Bertz CT molecular complexity index is 2590. The van der Waals surface area contributed by atoms with E-state index >= 15 is 0 Å². The lowest BCUT2D eigenvalue weighted by Crippen LogP contribution is -2.69. The number of nitrogens with one attached hydrogen (secondary N) is 1. The molecule has 32 nitrogen and oxygen atoms in total. The highest BCUT2D eigenvalue weighted by Gasteiger charge is 2.57. The molecule has 93 heavy (non-hydrogen) atoms. The van der Waals surface area contributed by atoms with E-state index in [0.717, 1.165) is 27.7 Å². The third-order valence-corrected chi connectivity index (χ3v) is 12.8. The van der Waals surface area contributed by atoms with Crippen molar-refractivity contribution in [3.05, 3.63) is 88.3 Å². The van der Waals surface area contributed by atoms with E-state index in [4.69, 9.17) is 121 Å². The number of hydrogen-bond donors (Lipinski definition) is 1. The number of hydrogen-bond acceptors (Lipinski definition) is 29. The third kappa shape index (κ3) is 31.2. The maximum atomic E-state index is 13.9. The van der Waals surface area contributed by atoms with Gasteiger partial charge in [-0.1, -0.05) is 47.6 Å². The highest BCUT2D eigenvalue weighted by molar-refractivity contribution is 6.33. The molecule has 0 aromatic heterocycles. The molecular weight excluding hydrogens is 1260 g/mol. The van der Waals surface area contributed by atoms with Gasteiger partial charge in [0.25, 0.3) is 0 Å². The molecule has 2 aromatic carbocycles. The molecule has 520 valence electrons. The van der Waals surface area contributed by atoms with E-state index in [9.17, 15) is 28.8 Å². The summed E-state index contributed by atoms with van der Waals surface area (Å²) in [5, 5.41) is 6.29. The van der Waals surface area contributed by atoms with Crippen LogP contribution in [0, 0.1) is 0 Å². The van der Waals surface area contributed by atoms with Gasteiger partial charge in [0, 0.05) is 52.9 Å². The van der Waals surface area contributed by atoms with E-state index in [-0.39, 0.29) is 70.2 Å². The molecule has 10 atom stereocenters. The van der Waals surface area contributed by atoms with Gasteiger partial charge in [-0.2, -0.15) is 0 Å². The topological polar surface area (TPSA) is 366 Å². The number of rotatable bonds is 47. The number of esters is 4. The molecule has 2 aromatic rings. The van der Waals surface area contributed by atoms with Crippen LogP contribution in [0.1, 0.15) is 38.8 Å². The molecular formula is C60H85ClN4O28. The van der Waals surface area contributed by atoms with E-state index in [1.165, 1.54) is 30.4 Å². The molecule has 0 unspecified atom stereocenters. The minimum Gasteiger partial charge on any atom is -0.491 e. The van der Waals surface area contributed by atoms with Crippen molar-refractivity contribution in [2.24, 2.45) is 5.11 Å². The van der Waals surface area contributed by atoms with E-state index < -0.39 is 117 Å². The molecule has 2 aliphatic heterocycles. The molecule has 1 amide bonds. The van der Waals surface area contributed by atoms with Gasteiger partial charge in [-0.15, -0.1) is 6.58 Å². The highest BCUT2D eigenvalue weighted by Crippen LogP contribution is 2.36. The molecule has 2 aliphatic rings. The predicted molar refractivity (Wildman–Crippen MR) is 321 cm³/mol. The third-order valence-electron chi connectivity index (χ3n) is 12.5. The molecule has 0 bridgehead atoms. The average Bonchev–Trinajstić information content (AvgIpc) is 0.777. The normalized spacial score (nSPS) is 20.8. The smallest absolute Gasteiger partial charge is 0.491 e. The Kier molecular flexibility index (Phi) is 39.0. The average molecular weight is 1350 g/mol. The number of ether oxygens (including phenoxy) is 22. The van der Waals surface area contributed by atoms with Crippen molar-refractivity contribution in [1.29, 1.82) is 0 Å². The minimum absolute atomic E-state index is 0.0347. The van der Waals surface area contributed by atoms with Crippen LogP contribution in [0.3, 0.4) is 0 Å². The Morgan fingerprint density at radius 2 is 1.05 bits per heavy atom. The Morgan fingerprint density at radius 3 is 1.57 bits per heavy atom. The van der Waals surface area contributed by atoms with E-state index in [1.807, 2.05) is 0 Å². The molecule has 0 saturated carbocycles. The van der Waals surface area contributed by atoms with Crippen LogP contribution >= 0.6 is 11.6 Å². The summed E-state index contributed by atoms with van der Waals surface area (Å²) in [5.74, 6) is -2.94. The van der Waals surface area contributed by atoms with Gasteiger partial charge in [0.05, 0.1) is 116 Å². The van der Waals surface area contributed by atoms with Crippen molar-refractivity contribution in [2.75, 3.05) is 146 Å². The number of benzene rings is 2. The molecule has 0 spiro atoms. The maximum absolute atomic E-state index is 13.9. The first-order valence-electron chi connectivity index (χ1n) is 29.5. The second-order valence-corrected chi connectivity index (χ2v) is 20.1. The zero-order chi connectivity index (χ0) is 67.6. The van der Waals surface area contributed by atoms with Crippen molar-refractivity contribution in [3.63, 3.8) is 0 Å². The minimum atomic E-state index is -1.91. The van der Waals surface area contributed by atoms with Gasteiger partial charge >= 0.3 is 36.1 Å². The number of azide groups is 1. The van der Waals surface area contributed by atoms with Gasteiger partial charge < -0.3 is 110 Å². The number of carbonyl (C=O) groups excluding carboxylic acids is 6. The van der Waals surface area contributed by atoms with E-state index in [0.29, 0.717) is 88.7 Å². The van der Waals surface area contributed by atoms with Gasteiger partial charge in [-0.05, 0) is 34.9 Å². The zero-order valence-electron chi connectivity index (χ0n) is 53.0. The van der Waals surface area contributed by atoms with Crippen molar-refractivity contribution >= 4 is 53.4 Å². The molecule has 2 fully saturated rings. The molecule has 4 rings (SSSR count). The molecule has 0 radical (unpaired) electrons. The van der Waals surface area contributed by atoms with Crippen molar-refractivity contribution in [3.8, 4) is 11.5 Å². The van der Waals surface area contributed by atoms with Gasteiger partial charge in [0.2, 0.25) is 0 Å². The fourth-order valence-electron chi connectivity index (χ4n) is 8.61. The number of halogens is 1. The SMILES string of the molecule is C=CCOC(=O)N[C@H]1[C@@H](OCC=C)O[C@H](COC(=O)OCc2cc(OCCOCCOCCOCCOC)cc(OCCOCCOCCOCCOC)c2)[C@@H](O[C@@H]2O[C@H](COC(C)=O)[C@H](OC(C)=O)[C@H](OC(C)=O)[C@H]2OC(C)=O)[C@@H]1OCc1ccc(N=[N+]=[N-])c(Cl)c1. The number of nitrogens with zero attached hydrogens (tertiary/aromatic N) is 3. The largest absolute Gasteiger partial charge is 0.508 e. The molecule has 0 aliphatic carbocycles. The lowest BCUT2D eigenvalue weighted by molar-refractivity contribution is -0.352. The maximum Gasteiger partial charge on any atom is 0.508 e. The Morgan fingerprint density at radius 1 is 0.548 bits per heavy atom. The molecule has 33 heteroatoms. The quantitative estimate of drug-likeness (QED) is 0.0166. The first-order valence-corrected chi connectivity index (χ1v) is 29.8. The lowest BCUT2D eigenvalue weighted by Gasteiger charge is -2.49. The number of methoxy groups -OCH3 is 2. The summed E-state index contributed by atoms with van der Waals surface area (Å²) in [4.78, 5) is 81.0. The van der Waals surface area contributed by atoms with Crippen molar-refractivity contribution in [2.45, 2.75) is 102 Å². The summed E-state index contributed by atoms with van der Waals surface area (Å²) in [6, 6.07) is 7.79.